The number of hydrogen-bond acceptors (Lipinski definition) is 5. The summed E-state index contributed by atoms with van der Waals surface area (Å²) >= 11 is 0. The van der Waals surface area contributed by atoms with E-state index < -0.39 is 0 Å². The molecule has 6 heteroatoms. The van der Waals surface area contributed by atoms with E-state index in [2.05, 4.69) is 27.0 Å². The van der Waals surface area contributed by atoms with Crippen molar-refractivity contribution < 1.29 is 0 Å². The van der Waals surface area contributed by atoms with Crippen LogP contribution in [0.25, 0.3) is 11.0 Å². The van der Waals surface area contributed by atoms with Crippen molar-refractivity contribution in [2.24, 2.45) is 0 Å². The predicted octanol–water partition coefficient (Wildman–Crippen LogP) is 3.63. The fourth-order valence-corrected chi connectivity index (χ4v) is 2.72. The SMILES string of the molecule is Cc1nc2cc(NC(C#N)=C(C#N)C#N)ccc2n1Cc1ccccc1. The topological polar surface area (TPSA) is 101 Å². The van der Waals surface area contributed by atoms with Crippen molar-refractivity contribution in [3.8, 4) is 18.2 Å². The van der Waals surface area contributed by atoms with E-state index >= 15 is 0 Å². The highest BCUT2D eigenvalue weighted by Gasteiger charge is 2.11. The Hall–Kier alpha value is -4.08. The number of nitrogens with zero attached hydrogens (tertiary/aromatic N) is 5. The van der Waals surface area contributed by atoms with Gasteiger partial charge >= 0.3 is 0 Å². The summed E-state index contributed by atoms with van der Waals surface area (Å²) in [6.07, 6.45) is 0. The molecule has 124 valence electrons. The van der Waals surface area contributed by atoms with Crippen LogP contribution in [0.2, 0.25) is 0 Å². The average Bonchev–Trinajstić information content (AvgIpc) is 2.97. The van der Waals surface area contributed by atoms with Gasteiger partial charge in [-0.25, -0.2) is 4.98 Å². The molecule has 0 spiro atoms. The number of nitriles is 3. The molecule has 3 aromatic rings. The molecule has 1 aromatic heterocycles. The molecule has 0 bridgehead atoms. The number of anilines is 1. The molecule has 0 saturated carbocycles. The van der Waals surface area contributed by atoms with Crippen molar-refractivity contribution in [3.05, 3.63) is 71.2 Å². The van der Waals surface area contributed by atoms with Gasteiger partial charge in [-0.1, -0.05) is 30.3 Å². The Balaban J connectivity index is 1.97. The minimum absolute atomic E-state index is 0.0743. The van der Waals surface area contributed by atoms with Gasteiger partial charge in [-0.2, -0.15) is 15.8 Å². The van der Waals surface area contributed by atoms with Crippen molar-refractivity contribution in [3.63, 3.8) is 0 Å². The third-order valence-electron chi connectivity index (χ3n) is 3.98. The molecule has 0 amide bonds. The monoisotopic (exact) mass is 338 g/mol. The molecule has 2 aromatic carbocycles. The maximum atomic E-state index is 9.15. The number of aryl methyl sites for hydroxylation is 1. The molecule has 6 nitrogen and oxygen atoms in total. The molecular weight excluding hydrogens is 324 g/mol. The van der Waals surface area contributed by atoms with Crippen LogP contribution in [-0.4, -0.2) is 9.55 Å². The first-order valence-electron chi connectivity index (χ1n) is 7.88. The number of nitrogens with one attached hydrogen (secondary N) is 1. The molecule has 0 fully saturated rings. The lowest BCUT2D eigenvalue weighted by Gasteiger charge is -2.08. The largest absolute Gasteiger partial charge is 0.345 e. The molecule has 0 atom stereocenters. The van der Waals surface area contributed by atoms with Gasteiger partial charge in [0.2, 0.25) is 0 Å². The second kappa shape index (κ2) is 7.21. The summed E-state index contributed by atoms with van der Waals surface area (Å²) in [5.41, 5.74) is 3.20. The smallest absolute Gasteiger partial charge is 0.163 e. The van der Waals surface area contributed by atoms with Gasteiger partial charge < -0.3 is 9.88 Å². The fourth-order valence-electron chi connectivity index (χ4n) is 2.72. The number of allylic oxidation sites excluding steroid dienone is 2. The van der Waals surface area contributed by atoms with Crippen LogP contribution in [0.1, 0.15) is 11.4 Å². The van der Waals surface area contributed by atoms with E-state index in [9.17, 15) is 0 Å². The van der Waals surface area contributed by atoms with Crippen LogP contribution >= 0.6 is 0 Å². The standard InChI is InChI=1S/C20H14N6/c1-14-24-18-9-17(25-19(12-23)16(10-21)11-22)7-8-20(18)26(14)13-15-5-3-2-4-6-15/h2-9,25H,13H2,1H3. The molecular formula is C20H14N6. The number of benzene rings is 2. The van der Waals surface area contributed by atoms with Gasteiger partial charge in [0.25, 0.3) is 0 Å². The molecule has 0 unspecified atom stereocenters. The third-order valence-corrected chi connectivity index (χ3v) is 3.98. The Labute approximate surface area is 150 Å². The molecule has 26 heavy (non-hydrogen) atoms. The lowest BCUT2D eigenvalue weighted by atomic mass is 10.2. The number of fused-ring (bicyclic) bond motifs is 1. The lowest BCUT2D eigenvalue weighted by Crippen LogP contribution is -2.02. The van der Waals surface area contributed by atoms with E-state index in [4.69, 9.17) is 15.8 Å². The molecule has 0 aliphatic rings. The van der Waals surface area contributed by atoms with Gasteiger partial charge in [-0.15, -0.1) is 0 Å². The summed E-state index contributed by atoms with van der Waals surface area (Å²) in [6.45, 7) is 2.66. The van der Waals surface area contributed by atoms with Gasteiger partial charge in [-0.05, 0) is 30.7 Å². The number of imidazole rings is 1. The summed E-state index contributed by atoms with van der Waals surface area (Å²) in [5.74, 6) is 0.881. The van der Waals surface area contributed by atoms with Crippen molar-refractivity contribution in [1.29, 1.82) is 15.8 Å². The Morgan fingerprint density at radius 2 is 1.77 bits per heavy atom. The van der Waals surface area contributed by atoms with Crippen LogP contribution in [0.3, 0.4) is 0 Å². The molecule has 0 aliphatic carbocycles. The van der Waals surface area contributed by atoms with Crippen molar-refractivity contribution >= 4 is 16.7 Å². The fraction of sp³-hybridized carbons (Fsp3) is 0.100. The molecule has 1 N–H and O–H groups in total. The van der Waals surface area contributed by atoms with Crippen molar-refractivity contribution in [2.75, 3.05) is 5.32 Å². The van der Waals surface area contributed by atoms with Crippen LogP contribution in [0, 0.1) is 40.9 Å². The number of aromatic nitrogens is 2. The van der Waals surface area contributed by atoms with E-state index in [1.54, 1.807) is 24.3 Å². The maximum Gasteiger partial charge on any atom is 0.163 e. The summed E-state index contributed by atoms with van der Waals surface area (Å²) < 4.78 is 2.12. The highest BCUT2D eigenvalue weighted by atomic mass is 15.1. The lowest BCUT2D eigenvalue weighted by molar-refractivity contribution is 0.786. The van der Waals surface area contributed by atoms with Crippen LogP contribution in [0.5, 0.6) is 0 Å². The van der Waals surface area contributed by atoms with E-state index in [0.29, 0.717) is 12.2 Å². The van der Waals surface area contributed by atoms with E-state index in [1.165, 1.54) is 5.56 Å². The zero-order valence-electron chi connectivity index (χ0n) is 14.1. The molecule has 1 heterocycles. The average molecular weight is 338 g/mol. The Morgan fingerprint density at radius 3 is 2.42 bits per heavy atom. The Morgan fingerprint density at radius 1 is 1.04 bits per heavy atom. The summed E-state index contributed by atoms with van der Waals surface area (Å²) in [5, 5.41) is 29.8. The summed E-state index contributed by atoms with van der Waals surface area (Å²) in [4.78, 5) is 4.58. The van der Waals surface area contributed by atoms with Gasteiger partial charge in [-0.3, -0.25) is 0 Å². The third kappa shape index (κ3) is 3.24. The summed E-state index contributed by atoms with van der Waals surface area (Å²) in [7, 11) is 0. The predicted molar refractivity (Wildman–Crippen MR) is 97.5 cm³/mol. The summed E-state index contributed by atoms with van der Waals surface area (Å²) in [6, 6.07) is 20.9. The second-order valence-electron chi connectivity index (χ2n) is 5.64. The van der Waals surface area contributed by atoms with Crippen LogP contribution in [0.4, 0.5) is 5.69 Å². The second-order valence-corrected chi connectivity index (χ2v) is 5.64. The van der Waals surface area contributed by atoms with E-state index in [-0.39, 0.29) is 11.3 Å². The zero-order valence-corrected chi connectivity index (χ0v) is 14.1. The molecule has 3 rings (SSSR count). The Kier molecular flexibility index (Phi) is 4.65. The van der Waals surface area contributed by atoms with Crippen LogP contribution in [-0.2, 0) is 6.54 Å². The highest BCUT2D eigenvalue weighted by Crippen LogP contribution is 2.23. The van der Waals surface area contributed by atoms with Gasteiger partial charge in [0.1, 0.15) is 29.7 Å². The van der Waals surface area contributed by atoms with Crippen molar-refractivity contribution in [1.82, 2.24) is 9.55 Å². The molecule has 0 saturated heterocycles. The van der Waals surface area contributed by atoms with E-state index in [1.807, 2.05) is 37.3 Å². The zero-order chi connectivity index (χ0) is 18.5. The highest BCUT2D eigenvalue weighted by molar-refractivity contribution is 5.81. The first-order chi connectivity index (χ1) is 12.7. The van der Waals surface area contributed by atoms with Gasteiger partial charge in [0, 0.05) is 12.2 Å². The first-order valence-corrected chi connectivity index (χ1v) is 7.88. The van der Waals surface area contributed by atoms with E-state index in [0.717, 1.165) is 16.9 Å². The minimum atomic E-state index is -0.251. The number of rotatable bonds is 4. The minimum Gasteiger partial charge on any atom is -0.345 e. The van der Waals surface area contributed by atoms with Crippen molar-refractivity contribution in [2.45, 2.75) is 13.5 Å². The van der Waals surface area contributed by atoms with Gasteiger partial charge in [0.05, 0.1) is 11.0 Å². The molecule has 0 aliphatic heterocycles. The quantitative estimate of drug-likeness (QED) is 0.732. The van der Waals surface area contributed by atoms with Crippen LogP contribution in [0.15, 0.2) is 59.8 Å². The van der Waals surface area contributed by atoms with Gasteiger partial charge in [0.15, 0.2) is 5.57 Å². The maximum absolute atomic E-state index is 9.15. The molecule has 0 radical (unpaired) electrons. The van der Waals surface area contributed by atoms with Crippen LogP contribution < -0.4 is 5.32 Å². The normalized spacial score (nSPS) is 9.77. The Bertz CT molecular complexity index is 1100. The first kappa shape index (κ1) is 16.8. The number of hydrogen-bond donors (Lipinski definition) is 1.